The van der Waals surface area contributed by atoms with Crippen molar-refractivity contribution >= 4 is 80.3 Å². The van der Waals surface area contributed by atoms with Crippen LogP contribution in [0.25, 0.3) is 10.9 Å². The fraction of sp³-hybridized carbons (Fsp3) is 0.474. The van der Waals surface area contributed by atoms with E-state index in [9.17, 15) is 39.0 Å². The van der Waals surface area contributed by atoms with Crippen LogP contribution in [-0.2, 0) is 28.8 Å². The number of nitrogens with two attached hydrogens (primary N) is 1. The predicted molar refractivity (Wildman–Crippen MR) is 216 cm³/mol. The quantitative estimate of drug-likeness (QED) is 0.0887. The van der Waals surface area contributed by atoms with Crippen molar-refractivity contribution in [2.75, 3.05) is 49.1 Å². The summed E-state index contributed by atoms with van der Waals surface area (Å²) in [6.07, 6.45) is 2.97. The van der Waals surface area contributed by atoms with E-state index in [-0.39, 0.29) is 51.6 Å². The van der Waals surface area contributed by atoms with E-state index in [0.717, 1.165) is 35.1 Å². The molecule has 0 radical (unpaired) electrons. The Labute approximate surface area is 344 Å². The van der Waals surface area contributed by atoms with Gasteiger partial charge < -0.3 is 40.3 Å². The standard InChI is InChI=1S/C38H43FN8O10S2/c1-37(2,3)56-35(55)38(4,5)57-43-26(23-17-59-36(40)41-23)30(49)42-27-31(50)47-28(34(53)54)18(16-58-32(27)47)14-44-8-10-45(11-9-44)25-13-24-20(12-22(25)39)29(48)21(33(51)52)15-46(24)19-6-7-19/h12-13,15,17,19,27,32H,6-11,14,16H2,1-5H3,(H2,40,41)(H,42,49)(H,51,52)(H,53,54)/b43-26+/t27-,32-/m1/s1. The molecular weight excluding hydrogens is 812 g/mol. The number of halogens is 1. The number of thioether (sulfide) groups is 1. The van der Waals surface area contributed by atoms with Crippen LogP contribution in [0.4, 0.5) is 15.2 Å². The molecule has 5 heterocycles. The normalized spacial score (nSPS) is 20.3. The first-order valence-corrected chi connectivity index (χ1v) is 20.7. The summed E-state index contributed by atoms with van der Waals surface area (Å²) in [7, 11) is 0. The SMILES string of the molecule is CC(C)(C)OC(=O)C(C)(C)O/N=C(/C(=O)N[C@@H]1C(=O)N2C(C(=O)O)=C(CN3CCN(c4cc5c(cc4F)c(=O)c(C(=O)O)cn5C4CC4)CC3)CS[C@H]12)c1csc(N)n1. The van der Waals surface area contributed by atoms with Crippen LogP contribution in [0.5, 0.6) is 0 Å². The van der Waals surface area contributed by atoms with Crippen molar-refractivity contribution in [3.05, 3.63) is 62.3 Å². The van der Waals surface area contributed by atoms with Gasteiger partial charge in [-0.25, -0.2) is 23.8 Å². The van der Waals surface area contributed by atoms with Crippen LogP contribution in [-0.4, -0.2) is 126 Å². The summed E-state index contributed by atoms with van der Waals surface area (Å²) in [5.74, 6) is -5.31. The number of β-lactam (4-membered cyclic amide) rings is 1. The number of carboxylic acids is 2. The van der Waals surface area contributed by atoms with E-state index in [4.69, 9.17) is 15.3 Å². The minimum atomic E-state index is -1.61. The number of ether oxygens (including phenoxy) is 1. The Bertz CT molecular complexity index is 2390. The second-order valence-electron chi connectivity index (χ2n) is 16.1. The average molecular weight is 855 g/mol. The highest BCUT2D eigenvalue weighted by atomic mass is 32.2. The summed E-state index contributed by atoms with van der Waals surface area (Å²) in [5, 5.41) is 27.3. The third kappa shape index (κ3) is 8.35. The van der Waals surface area contributed by atoms with E-state index in [2.05, 4.69) is 15.5 Å². The number of fused-ring (bicyclic) bond motifs is 2. The molecule has 1 aromatic carbocycles. The van der Waals surface area contributed by atoms with Crippen molar-refractivity contribution in [3.63, 3.8) is 0 Å². The minimum Gasteiger partial charge on any atom is -0.477 e. The fourth-order valence-corrected chi connectivity index (χ4v) is 8.92. The molecule has 1 saturated carbocycles. The molecule has 314 valence electrons. The topological polar surface area (TPSA) is 239 Å². The largest absolute Gasteiger partial charge is 0.477 e. The lowest BCUT2D eigenvalue weighted by atomic mass is 10.0. The van der Waals surface area contributed by atoms with Gasteiger partial charge in [-0.2, -0.15) is 0 Å². The number of carbonyl (C=O) groups is 5. The van der Waals surface area contributed by atoms with Gasteiger partial charge in [0.2, 0.25) is 11.0 Å². The Morgan fingerprint density at radius 1 is 1.05 bits per heavy atom. The molecule has 3 aliphatic heterocycles. The number of rotatable bonds is 12. The molecule has 2 atom stereocenters. The molecule has 0 bridgehead atoms. The maximum absolute atomic E-state index is 15.6. The summed E-state index contributed by atoms with van der Waals surface area (Å²) in [6.45, 7) is 9.73. The maximum atomic E-state index is 15.6. The number of aliphatic carboxylic acids is 1. The van der Waals surface area contributed by atoms with E-state index < -0.39 is 69.1 Å². The molecule has 3 aromatic rings. The maximum Gasteiger partial charge on any atom is 0.353 e. The zero-order valence-corrected chi connectivity index (χ0v) is 34.4. The molecule has 18 nitrogen and oxygen atoms in total. The van der Waals surface area contributed by atoms with Crippen molar-refractivity contribution in [2.45, 2.75) is 76.1 Å². The summed E-state index contributed by atoms with van der Waals surface area (Å²) in [6, 6.07) is 1.61. The Hall–Kier alpha value is -5.54. The number of piperazine rings is 1. The molecular formula is C38H43FN8O10S2. The second-order valence-corrected chi connectivity index (χ2v) is 18.1. The number of carboxylic acid groups (broad SMARTS) is 2. The predicted octanol–water partition coefficient (Wildman–Crippen LogP) is 2.61. The Kier molecular flexibility index (Phi) is 11.0. The zero-order valence-electron chi connectivity index (χ0n) is 32.8. The lowest BCUT2D eigenvalue weighted by Crippen LogP contribution is -2.71. The van der Waals surface area contributed by atoms with Crippen molar-refractivity contribution < 1.29 is 48.2 Å². The van der Waals surface area contributed by atoms with Crippen LogP contribution in [0.2, 0.25) is 0 Å². The fourth-order valence-electron chi connectivity index (χ4n) is 7.04. The number of nitrogens with zero attached hydrogens (tertiary/aromatic N) is 6. The van der Waals surface area contributed by atoms with Crippen LogP contribution in [0.3, 0.4) is 0 Å². The molecule has 1 aliphatic carbocycles. The van der Waals surface area contributed by atoms with Crippen LogP contribution in [0.15, 0.2) is 44.9 Å². The number of oxime groups is 1. The molecule has 5 N–H and O–H groups in total. The number of pyridine rings is 1. The van der Waals surface area contributed by atoms with Gasteiger partial charge in [-0.15, -0.1) is 23.1 Å². The number of nitrogen functional groups attached to an aromatic ring is 1. The molecule has 59 heavy (non-hydrogen) atoms. The van der Waals surface area contributed by atoms with Gasteiger partial charge in [0, 0.05) is 61.5 Å². The van der Waals surface area contributed by atoms with Crippen LogP contribution >= 0.6 is 23.1 Å². The van der Waals surface area contributed by atoms with Gasteiger partial charge in [-0.3, -0.25) is 24.2 Å². The minimum absolute atomic E-state index is 0.00634. The number of hydrogen-bond donors (Lipinski definition) is 4. The van der Waals surface area contributed by atoms with E-state index in [1.165, 1.54) is 37.2 Å². The first-order valence-electron chi connectivity index (χ1n) is 18.7. The summed E-state index contributed by atoms with van der Waals surface area (Å²) >= 11 is 2.32. The van der Waals surface area contributed by atoms with Gasteiger partial charge in [0.25, 0.3) is 11.8 Å². The third-order valence-corrected chi connectivity index (χ3v) is 12.2. The monoisotopic (exact) mass is 854 g/mol. The van der Waals surface area contributed by atoms with Gasteiger partial charge in [0.1, 0.15) is 39.8 Å². The first-order chi connectivity index (χ1) is 27.7. The van der Waals surface area contributed by atoms with E-state index in [0.29, 0.717) is 37.3 Å². The van der Waals surface area contributed by atoms with Gasteiger partial charge >= 0.3 is 17.9 Å². The molecule has 3 fully saturated rings. The van der Waals surface area contributed by atoms with E-state index >= 15 is 4.39 Å². The third-order valence-electron chi connectivity index (χ3n) is 10.2. The van der Waals surface area contributed by atoms with Crippen molar-refractivity contribution in [3.8, 4) is 0 Å². The lowest BCUT2D eigenvalue weighted by molar-refractivity contribution is -0.179. The molecule has 7 rings (SSSR count). The Morgan fingerprint density at radius 2 is 1.75 bits per heavy atom. The van der Waals surface area contributed by atoms with Gasteiger partial charge in [-0.1, -0.05) is 5.16 Å². The molecule has 2 saturated heterocycles. The summed E-state index contributed by atoms with van der Waals surface area (Å²) < 4.78 is 22.7. The number of anilines is 2. The highest BCUT2D eigenvalue weighted by Gasteiger charge is 2.54. The van der Waals surface area contributed by atoms with E-state index in [1.54, 1.807) is 31.4 Å². The summed E-state index contributed by atoms with van der Waals surface area (Å²) in [5.41, 5.74) is 2.98. The number of hydrogen-bond acceptors (Lipinski definition) is 15. The zero-order chi connectivity index (χ0) is 42.7. The van der Waals surface area contributed by atoms with Crippen molar-refractivity contribution in [1.29, 1.82) is 0 Å². The molecule has 2 aromatic heterocycles. The van der Waals surface area contributed by atoms with Gasteiger partial charge in [0.15, 0.2) is 10.8 Å². The number of nitrogens with one attached hydrogen (secondary N) is 1. The number of esters is 1. The average Bonchev–Trinajstić information content (AvgIpc) is 3.92. The first kappa shape index (κ1) is 41.6. The van der Waals surface area contributed by atoms with E-state index in [1.807, 2.05) is 9.80 Å². The van der Waals surface area contributed by atoms with Crippen LogP contribution in [0, 0.1) is 5.82 Å². The second kappa shape index (κ2) is 15.6. The number of carbonyl (C=O) groups excluding carboxylic acids is 3. The molecule has 4 aliphatic rings. The Morgan fingerprint density at radius 3 is 2.34 bits per heavy atom. The number of benzene rings is 1. The number of aromatic carboxylic acids is 1. The molecule has 0 unspecified atom stereocenters. The molecule has 21 heteroatoms. The summed E-state index contributed by atoms with van der Waals surface area (Å²) in [4.78, 5) is 92.0. The van der Waals surface area contributed by atoms with Gasteiger partial charge in [-0.05, 0) is 65.2 Å². The number of amides is 2. The molecule has 2 amide bonds. The van der Waals surface area contributed by atoms with Gasteiger partial charge in [0.05, 0.1) is 11.2 Å². The van der Waals surface area contributed by atoms with Crippen molar-refractivity contribution in [2.24, 2.45) is 5.16 Å². The van der Waals surface area contributed by atoms with Crippen LogP contribution in [0.1, 0.15) is 69.6 Å². The van der Waals surface area contributed by atoms with Crippen molar-refractivity contribution in [1.82, 2.24) is 24.7 Å². The Balaban J connectivity index is 1.03. The smallest absolute Gasteiger partial charge is 0.353 e. The number of thiazole rings is 1. The highest BCUT2D eigenvalue weighted by Crippen LogP contribution is 2.41. The lowest BCUT2D eigenvalue weighted by Gasteiger charge is -2.50. The van der Waals surface area contributed by atoms with Crippen LogP contribution < -0.4 is 21.4 Å². The molecule has 0 spiro atoms. The highest BCUT2D eigenvalue weighted by molar-refractivity contribution is 8.00. The number of aromatic nitrogens is 2.